The molecule has 1 rings (SSSR count). The van der Waals surface area contributed by atoms with Crippen LogP contribution in [-0.2, 0) is 4.79 Å². The molecule has 0 aromatic heterocycles. The highest BCUT2D eigenvalue weighted by Gasteiger charge is 2.19. The van der Waals surface area contributed by atoms with Gasteiger partial charge in [0, 0.05) is 0 Å². The van der Waals surface area contributed by atoms with Crippen molar-refractivity contribution in [1.82, 2.24) is 0 Å². The van der Waals surface area contributed by atoms with Gasteiger partial charge in [0.05, 0.1) is 11.8 Å². The fourth-order valence-electron chi connectivity index (χ4n) is 0.363. The van der Waals surface area contributed by atoms with Gasteiger partial charge in [-0.05, 0) is 0 Å². The van der Waals surface area contributed by atoms with E-state index in [-0.39, 0.29) is 0 Å². The Balaban J connectivity index is 2.37. The van der Waals surface area contributed by atoms with Gasteiger partial charge in [0.1, 0.15) is 5.75 Å². The highest BCUT2D eigenvalue weighted by Crippen LogP contribution is 2.17. The van der Waals surface area contributed by atoms with Gasteiger partial charge in [-0.25, -0.2) is 0 Å². The minimum Gasteiger partial charge on any atom is -0.294 e. The molecule has 1 fully saturated rings. The molecule has 1 aliphatic heterocycles. The van der Waals surface area contributed by atoms with Crippen LogP contribution in [0.3, 0.4) is 0 Å². The Labute approximate surface area is 41.1 Å². The monoisotopic (exact) mass is 101 g/mol. The number of carbonyl (C=O) groups excluding carboxylic acids is 1. The first kappa shape index (κ1) is 4.06. The van der Waals surface area contributed by atoms with Gasteiger partial charge in [0.2, 0.25) is 0 Å². The number of carbonyl (C=O) groups is 1. The van der Waals surface area contributed by atoms with Crippen LogP contribution in [0.25, 0.3) is 0 Å². The van der Waals surface area contributed by atoms with Crippen LogP contribution in [0.4, 0.5) is 0 Å². The summed E-state index contributed by atoms with van der Waals surface area (Å²) in [6.45, 7) is 0. The normalized spacial score (nSPS) is 21.0. The number of hydrogen-bond acceptors (Lipinski definition) is 2. The smallest absolute Gasteiger partial charge is 0.192 e. The molecule has 0 aromatic carbocycles. The van der Waals surface area contributed by atoms with Gasteiger partial charge in [-0.3, -0.25) is 4.79 Å². The molecule has 0 spiro atoms. The average Bonchev–Trinajstić information content (AvgIpc) is 1.86. The molecular formula is C4H5OS+. The van der Waals surface area contributed by atoms with E-state index in [1.165, 1.54) is 0 Å². The Hall–Kier alpha value is -0.110. The second kappa shape index (κ2) is 1.56. The van der Waals surface area contributed by atoms with E-state index in [1.807, 2.05) is 5.75 Å². The van der Waals surface area contributed by atoms with Crippen molar-refractivity contribution in [3.8, 4) is 0 Å². The van der Waals surface area contributed by atoms with E-state index in [1.54, 1.807) is 11.8 Å². The van der Waals surface area contributed by atoms with Crippen LogP contribution in [-0.4, -0.2) is 11.5 Å². The lowest BCUT2D eigenvalue weighted by atomic mass is 10.4. The molecule has 0 atom stereocenters. The Bertz CT molecular complexity index is 61.9. The van der Waals surface area contributed by atoms with Gasteiger partial charge in [0.15, 0.2) is 18.0 Å². The van der Waals surface area contributed by atoms with E-state index < -0.39 is 0 Å². The Morgan fingerprint density at radius 3 is 2.83 bits per heavy atom. The van der Waals surface area contributed by atoms with Crippen LogP contribution >= 0.6 is 11.8 Å². The molecule has 0 bridgehead atoms. The molecule has 0 aliphatic carbocycles. The zero-order valence-electron chi connectivity index (χ0n) is 3.31. The summed E-state index contributed by atoms with van der Waals surface area (Å²) < 4.78 is 0. The molecule has 1 saturated heterocycles. The summed E-state index contributed by atoms with van der Waals surface area (Å²) in [4.78, 5) is 10.2. The first-order chi connectivity index (χ1) is 2.89. The number of ketones is 1. The molecule has 0 unspecified atom stereocenters. The average molecular weight is 101 g/mol. The van der Waals surface area contributed by atoms with Crippen LogP contribution < -0.4 is 0 Å². The largest absolute Gasteiger partial charge is 0.294 e. The molecule has 0 radical (unpaired) electrons. The van der Waals surface area contributed by atoms with Crippen molar-refractivity contribution < 1.29 is 4.79 Å². The van der Waals surface area contributed by atoms with Crippen LogP contribution in [0.15, 0.2) is 0 Å². The molecule has 0 aromatic rings. The Morgan fingerprint density at radius 1 is 1.83 bits per heavy atom. The Morgan fingerprint density at radius 2 is 2.67 bits per heavy atom. The summed E-state index contributed by atoms with van der Waals surface area (Å²) in [6, 6.07) is 0. The maximum Gasteiger partial charge on any atom is 0.192 e. The van der Waals surface area contributed by atoms with E-state index in [2.05, 4.69) is 0 Å². The molecule has 0 N–H and O–H groups in total. The molecule has 1 aliphatic rings. The van der Waals surface area contributed by atoms with E-state index in [4.69, 9.17) is 0 Å². The molecule has 0 amide bonds. The maximum absolute atomic E-state index is 10.2. The van der Waals surface area contributed by atoms with Crippen molar-refractivity contribution in [3.05, 3.63) is 5.75 Å². The molecule has 32 valence electrons. The maximum atomic E-state index is 10.2. The lowest BCUT2D eigenvalue weighted by Crippen LogP contribution is -1.88. The highest BCUT2D eigenvalue weighted by atomic mass is 32.2. The zero-order chi connectivity index (χ0) is 4.41. The van der Waals surface area contributed by atoms with Crippen molar-refractivity contribution in [2.45, 2.75) is 6.42 Å². The van der Waals surface area contributed by atoms with Crippen LogP contribution in [0.2, 0.25) is 0 Å². The van der Waals surface area contributed by atoms with Gasteiger partial charge in [-0.1, -0.05) is 0 Å². The quantitative estimate of drug-likeness (QED) is 0.421. The predicted octanol–water partition coefficient (Wildman–Crippen LogP) is 0.854. The molecular weight excluding hydrogens is 96.1 g/mol. The summed E-state index contributed by atoms with van der Waals surface area (Å²) in [5.74, 6) is 3.02. The first-order valence-electron chi connectivity index (χ1n) is 1.84. The molecule has 2 heteroatoms. The molecule has 6 heavy (non-hydrogen) atoms. The SMILES string of the molecule is O=C1C[CH+]SC1. The van der Waals surface area contributed by atoms with Gasteiger partial charge >= 0.3 is 0 Å². The van der Waals surface area contributed by atoms with Crippen LogP contribution in [0, 0.1) is 5.75 Å². The number of Topliss-reactive ketones (excluding diaryl/α,β-unsaturated/α-hetero) is 1. The third-order valence-corrected chi connectivity index (χ3v) is 1.56. The van der Waals surface area contributed by atoms with E-state index in [9.17, 15) is 4.79 Å². The van der Waals surface area contributed by atoms with E-state index in [0.717, 1.165) is 0 Å². The predicted molar refractivity (Wildman–Crippen MR) is 26.4 cm³/mol. The summed E-state index contributed by atoms with van der Waals surface area (Å²) in [7, 11) is 0. The summed E-state index contributed by atoms with van der Waals surface area (Å²) in [5, 5.41) is 0. The van der Waals surface area contributed by atoms with Gasteiger partial charge < -0.3 is 0 Å². The van der Waals surface area contributed by atoms with Crippen molar-refractivity contribution in [2.24, 2.45) is 0 Å². The van der Waals surface area contributed by atoms with E-state index >= 15 is 0 Å². The minimum atomic E-state index is 0.361. The van der Waals surface area contributed by atoms with Gasteiger partial charge in [0.25, 0.3) is 0 Å². The van der Waals surface area contributed by atoms with Gasteiger partial charge in [-0.2, -0.15) is 0 Å². The fraction of sp³-hybridized carbons (Fsp3) is 0.500. The summed E-state index contributed by atoms with van der Waals surface area (Å²) in [5.41, 5.74) is 0. The number of rotatable bonds is 0. The fourth-order valence-corrected chi connectivity index (χ4v) is 1.09. The summed E-state index contributed by atoms with van der Waals surface area (Å²) in [6.07, 6.45) is 0.685. The second-order valence-corrected chi connectivity index (χ2v) is 2.18. The third kappa shape index (κ3) is 0.684. The number of hydrogen-bond donors (Lipinski definition) is 0. The number of thioether (sulfide) groups is 1. The topological polar surface area (TPSA) is 17.1 Å². The van der Waals surface area contributed by atoms with Crippen molar-refractivity contribution in [1.29, 1.82) is 0 Å². The first-order valence-corrected chi connectivity index (χ1v) is 2.89. The van der Waals surface area contributed by atoms with Gasteiger partial charge in [-0.15, -0.1) is 0 Å². The lowest BCUT2D eigenvalue weighted by Gasteiger charge is -1.63. The lowest BCUT2D eigenvalue weighted by molar-refractivity contribution is -0.115. The third-order valence-electron chi connectivity index (χ3n) is 0.673. The van der Waals surface area contributed by atoms with Crippen molar-refractivity contribution in [3.63, 3.8) is 0 Å². The van der Waals surface area contributed by atoms with E-state index in [0.29, 0.717) is 18.0 Å². The highest BCUT2D eigenvalue weighted by molar-refractivity contribution is 8.02. The van der Waals surface area contributed by atoms with Crippen molar-refractivity contribution >= 4 is 17.5 Å². The van der Waals surface area contributed by atoms with Crippen LogP contribution in [0.1, 0.15) is 6.42 Å². The standard InChI is InChI=1S/C4H5OS/c5-4-1-2-6-3-4/h2H,1,3H2/q+1. The molecule has 0 saturated carbocycles. The second-order valence-electron chi connectivity index (χ2n) is 1.22. The summed E-state index contributed by atoms with van der Waals surface area (Å²) >= 11 is 1.61. The molecule has 1 heterocycles. The van der Waals surface area contributed by atoms with Crippen molar-refractivity contribution in [2.75, 3.05) is 5.75 Å². The van der Waals surface area contributed by atoms with Crippen LogP contribution in [0.5, 0.6) is 0 Å². The Kier molecular flexibility index (Phi) is 1.05. The minimum absolute atomic E-state index is 0.361. The zero-order valence-corrected chi connectivity index (χ0v) is 4.12. The molecule has 1 nitrogen and oxygen atoms in total.